The molecule has 0 saturated heterocycles. The van der Waals surface area contributed by atoms with Gasteiger partial charge >= 0.3 is 6.61 Å². The van der Waals surface area contributed by atoms with Gasteiger partial charge in [-0.25, -0.2) is 4.98 Å². The molecule has 176 valence electrons. The number of rotatable bonds is 10. The fourth-order valence-electron chi connectivity index (χ4n) is 4.12. The van der Waals surface area contributed by atoms with Crippen LogP contribution in [0, 0.1) is 5.92 Å². The predicted octanol–water partition coefficient (Wildman–Crippen LogP) is 5.65. The lowest BCUT2D eigenvalue weighted by Crippen LogP contribution is -2.26. The van der Waals surface area contributed by atoms with Gasteiger partial charge in [-0.05, 0) is 55.5 Å². The molecule has 6 nitrogen and oxygen atoms in total. The summed E-state index contributed by atoms with van der Waals surface area (Å²) in [6, 6.07) is 7.63. The molecule has 1 unspecified atom stereocenters. The van der Waals surface area contributed by atoms with Crippen LogP contribution < -0.4 is 14.8 Å². The van der Waals surface area contributed by atoms with Crippen molar-refractivity contribution in [1.82, 2.24) is 14.7 Å². The SMILES string of the molecule is COc1cc(-c2cnc3cc(C(C)NC(C)C)ccn23)cc(OC(F)F)c1C(=O)CC1CC1. The van der Waals surface area contributed by atoms with Crippen LogP contribution in [0.1, 0.15) is 62.0 Å². The molecule has 0 amide bonds. The Morgan fingerprint density at radius 1 is 1.21 bits per heavy atom. The number of benzene rings is 1. The highest BCUT2D eigenvalue weighted by Crippen LogP contribution is 2.40. The summed E-state index contributed by atoms with van der Waals surface area (Å²) < 4.78 is 38.5. The highest BCUT2D eigenvalue weighted by molar-refractivity contribution is 6.02. The molecule has 4 rings (SSSR count). The quantitative estimate of drug-likeness (QED) is 0.399. The minimum absolute atomic E-state index is 0.0677. The topological polar surface area (TPSA) is 64.9 Å². The second kappa shape index (κ2) is 9.47. The van der Waals surface area contributed by atoms with Gasteiger partial charge in [0, 0.05) is 30.3 Å². The Hall–Kier alpha value is -3.00. The Morgan fingerprint density at radius 2 is 1.94 bits per heavy atom. The third kappa shape index (κ3) is 5.16. The van der Waals surface area contributed by atoms with E-state index in [1.54, 1.807) is 12.3 Å². The molecular weight excluding hydrogens is 428 g/mol. The van der Waals surface area contributed by atoms with Gasteiger partial charge in [-0.15, -0.1) is 0 Å². The van der Waals surface area contributed by atoms with Gasteiger partial charge in [-0.2, -0.15) is 8.78 Å². The van der Waals surface area contributed by atoms with Gasteiger partial charge in [-0.3, -0.25) is 9.20 Å². The van der Waals surface area contributed by atoms with Crippen LogP contribution in [0.25, 0.3) is 16.9 Å². The first-order valence-corrected chi connectivity index (χ1v) is 11.2. The molecule has 1 aliphatic carbocycles. The highest BCUT2D eigenvalue weighted by atomic mass is 19.3. The maximum atomic E-state index is 13.2. The number of aromatic nitrogens is 2. The number of nitrogens with one attached hydrogen (secondary N) is 1. The molecule has 2 heterocycles. The van der Waals surface area contributed by atoms with E-state index >= 15 is 0 Å². The summed E-state index contributed by atoms with van der Waals surface area (Å²) in [4.78, 5) is 17.3. The van der Waals surface area contributed by atoms with Crippen LogP contribution in [0.5, 0.6) is 11.5 Å². The van der Waals surface area contributed by atoms with Crippen LogP contribution in [-0.2, 0) is 0 Å². The van der Waals surface area contributed by atoms with Crippen molar-refractivity contribution in [3.8, 4) is 22.8 Å². The standard InChI is InChI=1S/C25H29F2N3O3/c1-14(2)29-15(3)17-7-8-30-19(13-28-23(30)12-17)18-10-21(32-4)24(20(31)9-16-5-6-16)22(11-18)33-25(26)27/h7-8,10-16,25,29H,5-6,9H2,1-4H3. The number of methoxy groups -OCH3 is 1. The van der Waals surface area contributed by atoms with Crippen LogP contribution >= 0.6 is 0 Å². The minimum atomic E-state index is -3.06. The first kappa shape index (κ1) is 23.2. The summed E-state index contributed by atoms with van der Waals surface area (Å²) in [5.41, 5.74) is 3.13. The van der Waals surface area contributed by atoms with Crippen molar-refractivity contribution in [2.45, 2.75) is 58.7 Å². The number of hydrogen-bond acceptors (Lipinski definition) is 5. The van der Waals surface area contributed by atoms with Crippen LogP contribution in [0.15, 0.2) is 36.7 Å². The lowest BCUT2D eigenvalue weighted by Gasteiger charge is -2.18. The Kier molecular flexibility index (Phi) is 6.65. The van der Waals surface area contributed by atoms with Gasteiger partial charge in [-0.1, -0.05) is 13.8 Å². The molecular formula is C25H29F2N3O3. The van der Waals surface area contributed by atoms with E-state index in [0.29, 0.717) is 29.6 Å². The number of carbonyl (C=O) groups is 1. The van der Waals surface area contributed by atoms with Crippen LogP contribution in [0.2, 0.25) is 0 Å². The predicted molar refractivity (Wildman–Crippen MR) is 122 cm³/mol. The molecule has 2 aromatic heterocycles. The molecule has 1 fully saturated rings. The lowest BCUT2D eigenvalue weighted by molar-refractivity contribution is -0.0502. The van der Waals surface area contributed by atoms with Gasteiger partial charge in [0.05, 0.1) is 19.0 Å². The molecule has 0 aliphatic heterocycles. The summed E-state index contributed by atoms with van der Waals surface area (Å²) in [6.07, 6.45) is 5.83. The summed E-state index contributed by atoms with van der Waals surface area (Å²) in [5, 5.41) is 3.46. The largest absolute Gasteiger partial charge is 0.496 e. The number of imidazole rings is 1. The molecule has 0 radical (unpaired) electrons. The first-order valence-electron chi connectivity index (χ1n) is 11.2. The number of hydrogen-bond donors (Lipinski definition) is 1. The number of carbonyl (C=O) groups excluding carboxylic acids is 1. The van der Waals surface area contributed by atoms with E-state index in [9.17, 15) is 13.6 Å². The van der Waals surface area contributed by atoms with E-state index in [4.69, 9.17) is 9.47 Å². The first-order chi connectivity index (χ1) is 15.8. The molecule has 1 aliphatic rings. The van der Waals surface area contributed by atoms with E-state index in [0.717, 1.165) is 24.1 Å². The number of nitrogens with zero attached hydrogens (tertiary/aromatic N) is 2. The van der Waals surface area contributed by atoms with E-state index < -0.39 is 6.61 Å². The summed E-state index contributed by atoms with van der Waals surface area (Å²) in [7, 11) is 1.42. The molecule has 1 aromatic carbocycles. The average Bonchev–Trinajstić information content (AvgIpc) is 3.46. The van der Waals surface area contributed by atoms with Crippen molar-refractivity contribution < 1.29 is 23.0 Å². The monoisotopic (exact) mass is 457 g/mol. The Bertz CT molecular complexity index is 1160. The minimum Gasteiger partial charge on any atom is -0.496 e. The number of ketones is 1. The van der Waals surface area contributed by atoms with Crippen molar-refractivity contribution >= 4 is 11.4 Å². The van der Waals surface area contributed by atoms with E-state index in [1.165, 1.54) is 13.2 Å². The number of pyridine rings is 1. The summed E-state index contributed by atoms with van der Waals surface area (Å²) >= 11 is 0. The second-order valence-corrected chi connectivity index (χ2v) is 8.88. The number of ether oxygens (including phenoxy) is 2. The fraction of sp³-hybridized carbons (Fsp3) is 0.440. The highest BCUT2D eigenvalue weighted by Gasteiger charge is 2.29. The van der Waals surface area contributed by atoms with Gasteiger partial charge in [0.2, 0.25) is 0 Å². The molecule has 0 spiro atoms. The van der Waals surface area contributed by atoms with Crippen LogP contribution in [0.3, 0.4) is 0 Å². The van der Waals surface area contributed by atoms with E-state index in [1.807, 2.05) is 22.7 Å². The van der Waals surface area contributed by atoms with Crippen molar-refractivity contribution in [2.75, 3.05) is 7.11 Å². The lowest BCUT2D eigenvalue weighted by atomic mass is 10.00. The van der Waals surface area contributed by atoms with Crippen LogP contribution in [0.4, 0.5) is 8.78 Å². The van der Waals surface area contributed by atoms with Crippen molar-refractivity contribution in [3.05, 3.63) is 47.8 Å². The van der Waals surface area contributed by atoms with Gasteiger partial charge in [0.25, 0.3) is 0 Å². The number of fused-ring (bicyclic) bond motifs is 1. The fourth-order valence-corrected chi connectivity index (χ4v) is 4.12. The zero-order valence-corrected chi connectivity index (χ0v) is 19.3. The van der Waals surface area contributed by atoms with Gasteiger partial charge < -0.3 is 14.8 Å². The summed E-state index contributed by atoms with van der Waals surface area (Å²) in [6.45, 7) is 3.21. The molecule has 0 bridgehead atoms. The Morgan fingerprint density at radius 3 is 2.58 bits per heavy atom. The third-order valence-corrected chi connectivity index (χ3v) is 5.87. The second-order valence-electron chi connectivity index (χ2n) is 8.88. The summed E-state index contributed by atoms with van der Waals surface area (Å²) in [5.74, 6) is 0.106. The van der Waals surface area contributed by atoms with E-state index in [-0.39, 0.29) is 28.9 Å². The van der Waals surface area contributed by atoms with Crippen LogP contribution in [-0.4, -0.2) is 34.9 Å². The number of halogens is 2. The molecule has 8 heteroatoms. The number of Topliss-reactive ketones (excluding diaryl/α,β-unsaturated/α-hetero) is 1. The maximum Gasteiger partial charge on any atom is 0.387 e. The van der Waals surface area contributed by atoms with Gasteiger partial charge in [0.15, 0.2) is 5.78 Å². The maximum absolute atomic E-state index is 13.2. The Balaban J connectivity index is 1.75. The zero-order valence-electron chi connectivity index (χ0n) is 19.3. The number of alkyl halides is 2. The smallest absolute Gasteiger partial charge is 0.387 e. The van der Waals surface area contributed by atoms with Crippen molar-refractivity contribution in [3.63, 3.8) is 0 Å². The van der Waals surface area contributed by atoms with Gasteiger partial charge in [0.1, 0.15) is 22.7 Å². The van der Waals surface area contributed by atoms with E-state index in [2.05, 4.69) is 31.1 Å². The zero-order chi connectivity index (χ0) is 23.7. The molecule has 33 heavy (non-hydrogen) atoms. The van der Waals surface area contributed by atoms with Crippen molar-refractivity contribution in [2.24, 2.45) is 5.92 Å². The third-order valence-electron chi connectivity index (χ3n) is 5.87. The Labute approximate surface area is 191 Å². The molecule has 3 aromatic rings. The average molecular weight is 458 g/mol. The molecule has 1 atom stereocenters. The molecule has 1 N–H and O–H groups in total. The molecule has 1 saturated carbocycles. The normalized spacial score (nSPS) is 14.8. The van der Waals surface area contributed by atoms with Crippen molar-refractivity contribution in [1.29, 1.82) is 0 Å².